The molecule has 2 aliphatic heterocycles. The van der Waals surface area contributed by atoms with Gasteiger partial charge in [0.05, 0.1) is 22.8 Å². The fourth-order valence-corrected chi connectivity index (χ4v) is 4.66. The van der Waals surface area contributed by atoms with Crippen LogP contribution in [0.5, 0.6) is 0 Å². The molecule has 6 heteroatoms. The smallest absolute Gasteiger partial charge is 0.399 e. The summed E-state index contributed by atoms with van der Waals surface area (Å²) in [6.07, 6.45) is 3.31. The van der Waals surface area contributed by atoms with Gasteiger partial charge in [0.2, 0.25) is 0 Å². The molecule has 0 amide bonds. The number of nitrogens with zero attached hydrogens (tertiary/aromatic N) is 3. The lowest BCUT2D eigenvalue weighted by Crippen LogP contribution is -2.59. The highest BCUT2D eigenvalue weighted by Crippen LogP contribution is 2.49. The van der Waals surface area contributed by atoms with Crippen molar-refractivity contribution in [1.29, 1.82) is 0 Å². The topological polar surface area (TPSA) is 39.5 Å². The van der Waals surface area contributed by atoms with Crippen molar-refractivity contribution in [2.45, 2.75) is 84.6 Å². The van der Waals surface area contributed by atoms with Gasteiger partial charge in [-0.05, 0) is 66.5 Å². The summed E-state index contributed by atoms with van der Waals surface area (Å²) in [7, 11) is 1.88. The summed E-state index contributed by atoms with van der Waals surface area (Å²) >= 11 is 0. The van der Waals surface area contributed by atoms with Crippen LogP contribution in [0.1, 0.15) is 67.9 Å². The maximum atomic E-state index is 6.23. The molecule has 29 heavy (non-hydrogen) atoms. The highest BCUT2D eigenvalue weighted by Gasteiger charge is 2.52. The Morgan fingerprint density at radius 1 is 1.00 bits per heavy atom. The van der Waals surface area contributed by atoms with Crippen LogP contribution in [-0.2, 0) is 9.31 Å². The maximum Gasteiger partial charge on any atom is 0.494 e. The lowest BCUT2D eigenvalue weighted by atomic mass is 9.65. The zero-order valence-corrected chi connectivity index (χ0v) is 19.5. The molecule has 2 aromatic rings. The summed E-state index contributed by atoms with van der Waals surface area (Å²) in [4.78, 5) is 2.48. The highest BCUT2D eigenvalue weighted by atomic mass is 16.7. The maximum absolute atomic E-state index is 6.23. The van der Waals surface area contributed by atoms with E-state index in [9.17, 15) is 0 Å². The van der Waals surface area contributed by atoms with Gasteiger partial charge < -0.3 is 14.2 Å². The normalized spacial score (nSPS) is 28.2. The fraction of sp³-hybridized carbons (Fsp3) is 0.696. The average Bonchev–Trinajstić information content (AvgIpc) is 3.10. The van der Waals surface area contributed by atoms with Crippen LogP contribution >= 0.6 is 0 Å². The molecule has 3 heterocycles. The van der Waals surface area contributed by atoms with E-state index in [2.05, 4.69) is 96.4 Å². The van der Waals surface area contributed by atoms with Gasteiger partial charge in [0.25, 0.3) is 0 Å². The van der Waals surface area contributed by atoms with E-state index in [4.69, 9.17) is 14.4 Å². The number of hydrogen-bond donors (Lipinski definition) is 0. The summed E-state index contributed by atoms with van der Waals surface area (Å²) in [6.45, 7) is 18.9. The predicted octanol–water partition coefficient (Wildman–Crippen LogP) is 4.02. The predicted molar refractivity (Wildman–Crippen MR) is 120 cm³/mol. The molecule has 4 rings (SSSR count). The van der Waals surface area contributed by atoms with Gasteiger partial charge in [0, 0.05) is 29.1 Å². The van der Waals surface area contributed by atoms with Crippen molar-refractivity contribution < 1.29 is 9.31 Å². The van der Waals surface area contributed by atoms with Crippen LogP contribution in [0.2, 0.25) is 0 Å². The molecule has 2 saturated heterocycles. The van der Waals surface area contributed by atoms with Crippen molar-refractivity contribution in [3.05, 3.63) is 24.4 Å². The summed E-state index contributed by atoms with van der Waals surface area (Å²) in [5.41, 5.74) is 1.55. The van der Waals surface area contributed by atoms with E-state index < -0.39 is 0 Å². The minimum absolute atomic E-state index is 0.0938. The van der Waals surface area contributed by atoms with Gasteiger partial charge >= 0.3 is 7.12 Å². The quantitative estimate of drug-likeness (QED) is 0.718. The first kappa shape index (κ1) is 20.9. The highest BCUT2D eigenvalue weighted by molar-refractivity contribution is 6.62. The molecule has 0 N–H and O–H groups in total. The molecule has 158 valence electrons. The monoisotopic (exact) mass is 397 g/mol. The van der Waals surface area contributed by atoms with Crippen LogP contribution in [0.3, 0.4) is 0 Å². The Hall–Kier alpha value is -1.37. The Morgan fingerprint density at radius 3 is 2.24 bits per heavy atom. The summed E-state index contributed by atoms with van der Waals surface area (Å²) in [6, 6.07) is 6.74. The minimum atomic E-state index is -0.353. The van der Waals surface area contributed by atoms with Crippen LogP contribution in [0, 0.1) is 5.41 Å². The zero-order chi connectivity index (χ0) is 21.4. The molecule has 0 aliphatic carbocycles. The van der Waals surface area contributed by atoms with Crippen molar-refractivity contribution in [3.63, 3.8) is 0 Å². The summed E-state index contributed by atoms with van der Waals surface area (Å²) in [5.74, 6) is 0. The number of rotatable bonds is 2. The van der Waals surface area contributed by atoms with Gasteiger partial charge in [0.1, 0.15) is 0 Å². The molecule has 1 unspecified atom stereocenters. The van der Waals surface area contributed by atoms with Crippen molar-refractivity contribution >= 4 is 23.5 Å². The van der Waals surface area contributed by atoms with Crippen LogP contribution in [0.25, 0.3) is 10.9 Å². The first-order valence-corrected chi connectivity index (χ1v) is 10.8. The second-order valence-corrected chi connectivity index (χ2v) is 11.0. The lowest BCUT2D eigenvalue weighted by Gasteiger charge is -2.56. The number of hydrogen-bond acceptors (Lipinski definition) is 4. The van der Waals surface area contributed by atoms with Gasteiger partial charge in [-0.3, -0.25) is 4.68 Å². The van der Waals surface area contributed by atoms with E-state index in [1.807, 2.05) is 0 Å². The average molecular weight is 397 g/mol. The molecular formula is C23H36BN3O2. The Balaban J connectivity index is 1.67. The molecule has 1 aromatic carbocycles. The minimum Gasteiger partial charge on any atom is -0.399 e. The van der Waals surface area contributed by atoms with Crippen molar-refractivity contribution in [3.8, 4) is 0 Å². The van der Waals surface area contributed by atoms with Gasteiger partial charge in [-0.15, -0.1) is 0 Å². The first-order valence-electron chi connectivity index (χ1n) is 10.8. The Morgan fingerprint density at radius 2 is 1.62 bits per heavy atom. The van der Waals surface area contributed by atoms with Crippen molar-refractivity contribution in [2.75, 3.05) is 13.6 Å². The molecule has 0 spiro atoms. The van der Waals surface area contributed by atoms with E-state index in [1.165, 1.54) is 0 Å². The van der Waals surface area contributed by atoms with Crippen LogP contribution in [0.4, 0.5) is 0 Å². The second kappa shape index (κ2) is 6.32. The van der Waals surface area contributed by atoms with Crippen LogP contribution in [0.15, 0.2) is 24.4 Å². The van der Waals surface area contributed by atoms with E-state index in [1.54, 1.807) is 0 Å². The number of likely N-dealkylation sites (tertiary alicyclic amines) is 1. The van der Waals surface area contributed by atoms with Crippen LogP contribution < -0.4 is 5.46 Å². The van der Waals surface area contributed by atoms with E-state index >= 15 is 0 Å². The van der Waals surface area contributed by atoms with Crippen molar-refractivity contribution in [1.82, 2.24) is 14.7 Å². The SMILES string of the molecule is CN1CCC(n2cc3ccc(B4OC(C)(C)C(C)(C)O4)cc3n2)C(C)(C)C1(C)C. The molecule has 1 aromatic heterocycles. The number of aromatic nitrogens is 2. The summed E-state index contributed by atoms with van der Waals surface area (Å²) in [5, 5.41) is 6.18. The third-order valence-corrected chi connectivity index (χ3v) is 8.50. The summed E-state index contributed by atoms with van der Waals surface area (Å²) < 4.78 is 14.7. The molecule has 2 aliphatic rings. The largest absolute Gasteiger partial charge is 0.494 e. The van der Waals surface area contributed by atoms with E-state index in [0.717, 1.165) is 29.3 Å². The zero-order valence-electron chi connectivity index (χ0n) is 19.5. The van der Waals surface area contributed by atoms with Gasteiger partial charge in [-0.1, -0.05) is 26.0 Å². The van der Waals surface area contributed by atoms with Crippen molar-refractivity contribution in [2.24, 2.45) is 5.41 Å². The van der Waals surface area contributed by atoms with Gasteiger partial charge in [-0.2, -0.15) is 5.10 Å². The molecular weight excluding hydrogens is 361 g/mol. The van der Waals surface area contributed by atoms with Gasteiger partial charge in [-0.25, -0.2) is 0 Å². The first-order chi connectivity index (χ1) is 13.3. The molecule has 1 atom stereocenters. The molecule has 2 fully saturated rings. The lowest BCUT2D eigenvalue weighted by molar-refractivity contribution is -0.0546. The number of piperidine rings is 1. The Labute approximate surface area is 175 Å². The van der Waals surface area contributed by atoms with E-state index in [-0.39, 0.29) is 29.3 Å². The second-order valence-electron chi connectivity index (χ2n) is 11.0. The van der Waals surface area contributed by atoms with Gasteiger partial charge in [0.15, 0.2) is 0 Å². The third-order valence-electron chi connectivity index (χ3n) is 8.50. The molecule has 0 radical (unpaired) electrons. The third kappa shape index (κ3) is 3.06. The molecule has 0 saturated carbocycles. The van der Waals surface area contributed by atoms with Crippen LogP contribution in [-0.4, -0.2) is 52.1 Å². The van der Waals surface area contributed by atoms with E-state index in [0.29, 0.717) is 6.04 Å². The Kier molecular flexibility index (Phi) is 4.55. The fourth-order valence-electron chi connectivity index (χ4n) is 4.66. The standard InChI is InChI=1S/C23H36BN3O2/c1-20(2)19(12-13-26(9)21(20,3)4)27-15-16-10-11-17(14-18(16)25-27)24-28-22(5,6)23(7,8)29-24/h10-11,14-15,19H,12-13H2,1-9H3. The molecule has 5 nitrogen and oxygen atoms in total. The number of benzene rings is 1. The number of fused-ring (bicyclic) bond motifs is 1. The Bertz CT molecular complexity index is 915. The molecule has 0 bridgehead atoms.